The number of nitrogens with zero attached hydrogens (tertiary/aromatic N) is 3. The third kappa shape index (κ3) is 5.21. The molecular formula is C21H28ClN3O4. The molecule has 0 aliphatic carbocycles. The number of rotatable bonds is 3. The van der Waals surface area contributed by atoms with E-state index in [4.69, 9.17) is 16.3 Å². The minimum Gasteiger partial charge on any atom is -0.444 e. The highest BCUT2D eigenvalue weighted by Gasteiger charge is 2.37. The van der Waals surface area contributed by atoms with E-state index in [1.54, 1.807) is 20.8 Å². The lowest BCUT2D eigenvalue weighted by Gasteiger charge is -2.42. The highest BCUT2D eigenvalue weighted by Crippen LogP contribution is 2.31. The fourth-order valence-corrected chi connectivity index (χ4v) is 3.97. The average Bonchev–Trinajstić information content (AvgIpc) is 3.05. The van der Waals surface area contributed by atoms with E-state index in [2.05, 4.69) is 0 Å². The summed E-state index contributed by atoms with van der Waals surface area (Å²) in [6, 6.07) is 6.94. The van der Waals surface area contributed by atoms with Gasteiger partial charge in [0.25, 0.3) is 0 Å². The molecule has 0 spiro atoms. The molecule has 7 nitrogen and oxygen atoms in total. The van der Waals surface area contributed by atoms with Crippen molar-refractivity contribution in [3.05, 3.63) is 34.9 Å². The van der Waals surface area contributed by atoms with Crippen molar-refractivity contribution in [2.24, 2.45) is 0 Å². The van der Waals surface area contributed by atoms with Crippen LogP contribution in [0.5, 0.6) is 0 Å². The van der Waals surface area contributed by atoms with Crippen LogP contribution in [0.2, 0.25) is 5.02 Å². The number of halogens is 1. The third-order valence-corrected chi connectivity index (χ3v) is 5.46. The number of hydrogen-bond donors (Lipinski definition) is 0. The van der Waals surface area contributed by atoms with Crippen molar-refractivity contribution >= 4 is 29.5 Å². The molecule has 2 aliphatic heterocycles. The monoisotopic (exact) mass is 421 g/mol. The number of benzene rings is 1. The first kappa shape index (κ1) is 21.4. The highest BCUT2D eigenvalue weighted by molar-refractivity contribution is 6.31. The topological polar surface area (TPSA) is 70.2 Å². The van der Waals surface area contributed by atoms with Gasteiger partial charge in [0.15, 0.2) is 0 Å². The van der Waals surface area contributed by atoms with Crippen LogP contribution in [0.1, 0.15) is 45.2 Å². The maximum Gasteiger partial charge on any atom is 0.410 e. The van der Waals surface area contributed by atoms with Crippen molar-refractivity contribution in [2.75, 3.05) is 32.7 Å². The second-order valence-electron chi connectivity index (χ2n) is 8.47. The summed E-state index contributed by atoms with van der Waals surface area (Å²) in [5, 5.41) is 0.540. The number of amides is 3. The highest BCUT2D eigenvalue weighted by atomic mass is 35.5. The van der Waals surface area contributed by atoms with E-state index in [1.165, 1.54) is 0 Å². The number of ether oxygens (including phenoxy) is 1. The van der Waals surface area contributed by atoms with E-state index >= 15 is 0 Å². The van der Waals surface area contributed by atoms with Crippen LogP contribution in [0.4, 0.5) is 4.79 Å². The van der Waals surface area contributed by atoms with Crippen molar-refractivity contribution in [2.45, 2.75) is 45.3 Å². The van der Waals surface area contributed by atoms with Crippen molar-refractivity contribution < 1.29 is 19.1 Å². The molecule has 3 amide bonds. The Hall–Kier alpha value is -2.28. The van der Waals surface area contributed by atoms with Crippen molar-refractivity contribution in [1.29, 1.82) is 0 Å². The molecule has 0 N–H and O–H groups in total. The quantitative estimate of drug-likeness (QED) is 0.752. The Balaban J connectivity index is 1.80. The zero-order valence-electron chi connectivity index (χ0n) is 17.2. The molecule has 0 unspecified atom stereocenters. The van der Waals surface area contributed by atoms with E-state index in [1.807, 2.05) is 39.0 Å². The van der Waals surface area contributed by atoms with Crippen LogP contribution in [0.15, 0.2) is 24.3 Å². The van der Waals surface area contributed by atoms with Gasteiger partial charge in [0, 0.05) is 37.6 Å². The van der Waals surface area contributed by atoms with Gasteiger partial charge < -0.3 is 19.4 Å². The number of hydrogen-bond acceptors (Lipinski definition) is 4. The van der Waals surface area contributed by atoms with E-state index in [-0.39, 0.29) is 18.4 Å². The van der Waals surface area contributed by atoms with Crippen LogP contribution in [-0.2, 0) is 14.3 Å². The second-order valence-corrected chi connectivity index (χ2v) is 8.88. The summed E-state index contributed by atoms with van der Waals surface area (Å²) in [6.45, 7) is 7.16. The Kier molecular flexibility index (Phi) is 6.36. The smallest absolute Gasteiger partial charge is 0.410 e. The molecule has 2 saturated heterocycles. The molecule has 0 saturated carbocycles. The Labute approximate surface area is 176 Å². The first-order valence-electron chi connectivity index (χ1n) is 9.95. The van der Waals surface area contributed by atoms with Gasteiger partial charge in [-0.1, -0.05) is 29.8 Å². The Morgan fingerprint density at radius 1 is 1.17 bits per heavy atom. The standard InChI is InChI=1S/C21H28ClN3O4/c1-21(2,3)29-20(28)24-11-12-25(19(27)14-23-10-6-9-18(23)26)17(13-24)15-7-4-5-8-16(15)22/h4-5,7-8,17H,6,9-14H2,1-3H3/t17-/m1/s1. The van der Waals surface area contributed by atoms with E-state index < -0.39 is 17.7 Å². The lowest BCUT2D eigenvalue weighted by Crippen LogP contribution is -2.55. The zero-order chi connectivity index (χ0) is 21.2. The van der Waals surface area contributed by atoms with Gasteiger partial charge in [0.05, 0.1) is 12.6 Å². The molecule has 1 atom stereocenters. The molecule has 158 valence electrons. The third-order valence-electron chi connectivity index (χ3n) is 5.11. The largest absolute Gasteiger partial charge is 0.444 e. The summed E-state index contributed by atoms with van der Waals surface area (Å²) in [6.07, 6.45) is 0.872. The van der Waals surface area contributed by atoms with Crippen LogP contribution in [-0.4, -0.2) is 70.9 Å². The minimum absolute atomic E-state index is 0.0139. The van der Waals surface area contributed by atoms with E-state index in [0.29, 0.717) is 37.6 Å². The van der Waals surface area contributed by atoms with Crippen LogP contribution < -0.4 is 0 Å². The number of carbonyl (C=O) groups excluding carboxylic acids is 3. The fourth-order valence-electron chi connectivity index (χ4n) is 3.71. The predicted octanol–water partition coefficient (Wildman–Crippen LogP) is 3.08. The summed E-state index contributed by atoms with van der Waals surface area (Å²) < 4.78 is 5.51. The molecule has 2 aliphatic rings. The first-order valence-corrected chi connectivity index (χ1v) is 10.3. The van der Waals surface area contributed by atoms with Gasteiger partial charge in [-0.25, -0.2) is 4.79 Å². The molecule has 3 rings (SSSR count). The van der Waals surface area contributed by atoms with Crippen molar-refractivity contribution in [3.63, 3.8) is 0 Å². The lowest BCUT2D eigenvalue weighted by molar-refractivity contribution is -0.142. The minimum atomic E-state index is -0.597. The van der Waals surface area contributed by atoms with Crippen LogP contribution in [0.25, 0.3) is 0 Å². The number of likely N-dealkylation sites (tertiary alicyclic amines) is 1. The van der Waals surface area contributed by atoms with Gasteiger partial charge in [0.2, 0.25) is 11.8 Å². The molecular weight excluding hydrogens is 394 g/mol. The zero-order valence-corrected chi connectivity index (χ0v) is 17.9. The average molecular weight is 422 g/mol. The maximum absolute atomic E-state index is 13.1. The summed E-state index contributed by atoms with van der Waals surface area (Å²) >= 11 is 6.42. The van der Waals surface area contributed by atoms with Crippen LogP contribution in [0, 0.1) is 0 Å². The van der Waals surface area contributed by atoms with Gasteiger partial charge in [-0.2, -0.15) is 0 Å². The Bertz CT molecular complexity index is 792. The number of carbonyl (C=O) groups is 3. The lowest BCUT2D eigenvalue weighted by atomic mass is 10.0. The van der Waals surface area contributed by atoms with Gasteiger partial charge in [0.1, 0.15) is 5.60 Å². The molecule has 0 aromatic heterocycles. The summed E-state index contributed by atoms with van der Waals surface area (Å²) in [5.41, 5.74) is 0.184. The van der Waals surface area contributed by atoms with Crippen molar-refractivity contribution in [1.82, 2.24) is 14.7 Å². The van der Waals surface area contributed by atoms with Gasteiger partial charge >= 0.3 is 6.09 Å². The molecule has 1 aromatic carbocycles. The number of piperazine rings is 1. The van der Waals surface area contributed by atoms with Gasteiger partial charge in [-0.15, -0.1) is 0 Å². The SMILES string of the molecule is CC(C)(C)OC(=O)N1CCN(C(=O)CN2CCCC2=O)[C@@H](c2ccccc2Cl)C1. The molecule has 0 bridgehead atoms. The van der Waals surface area contributed by atoms with Gasteiger partial charge in [-0.3, -0.25) is 9.59 Å². The molecule has 8 heteroatoms. The first-order chi connectivity index (χ1) is 13.7. The normalized spacial score (nSPS) is 20.2. The summed E-state index contributed by atoms with van der Waals surface area (Å²) in [4.78, 5) is 42.5. The summed E-state index contributed by atoms with van der Waals surface area (Å²) in [7, 11) is 0. The predicted molar refractivity (Wildman–Crippen MR) is 110 cm³/mol. The Morgan fingerprint density at radius 3 is 2.52 bits per heavy atom. The molecule has 2 fully saturated rings. The second kappa shape index (κ2) is 8.61. The molecule has 1 aromatic rings. The van der Waals surface area contributed by atoms with E-state index in [0.717, 1.165) is 12.0 Å². The summed E-state index contributed by atoms with van der Waals surface area (Å²) in [5.74, 6) is -0.117. The fraction of sp³-hybridized carbons (Fsp3) is 0.571. The Morgan fingerprint density at radius 2 is 1.90 bits per heavy atom. The van der Waals surface area contributed by atoms with Crippen molar-refractivity contribution in [3.8, 4) is 0 Å². The molecule has 29 heavy (non-hydrogen) atoms. The molecule has 0 radical (unpaired) electrons. The van der Waals surface area contributed by atoms with Crippen LogP contribution >= 0.6 is 11.6 Å². The van der Waals surface area contributed by atoms with Crippen LogP contribution in [0.3, 0.4) is 0 Å². The van der Waals surface area contributed by atoms with E-state index in [9.17, 15) is 14.4 Å². The maximum atomic E-state index is 13.1. The molecule has 2 heterocycles. The van der Waals surface area contributed by atoms with Gasteiger partial charge in [-0.05, 0) is 38.8 Å².